The van der Waals surface area contributed by atoms with Gasteiger partial charge in [-0.3, -0.25) is 4.90 Å². The fraction of sp³-hybridized carbons (Fsp3) is 0.207. The minimum Gasteiger partial charge on any atom is -0.392 e. The van der Waals surface area contributed by atoms with Crippen molar-refractivity contribution in [2.75, 3.05) is 24.3 Å². The monoisotopic (exact) mass is 564 g/mol. The van der Waals surface area contributed by atoms with Crippen LogP contribution in [0.4, 0.5) is 10.5 Å². The predicted octanol–water partition coefficient (Wildman–Crippen LogP) is 3.88. The van der Waals surface area contributed by atoms with Gasteiger partial charge >= 0.3 is 6.03 Å². The van der Waals surface area contributed by atoms with Crippen LogP contribution in [0.5, 0.6) is 0 Å². The topological polar surface area (TPSA) is 112 Å². The Labute approximate surface area is 228 Å². The van der Waals surface area contributed by atoms with Crippen molar-refractivity contribution in [1.29, 1.82) is 0 Å². The molecule has 0 spiro atoms. The molecule has 2 unspecified atom stereocenters. The number of aliphatic hydroxyl groups excluding tert-OH is 1. The number of hydrogen-bond donors (Lipinski definition) is 1. The van der Waals surface area contributed by atoms with Crippen molar-refractivity contribution in [3.05, 3.63) is 114 Å². The van der Waals surface area contributed by atoms with E-state index in [1.807, 2.05) is 30.3 Å². The number of allylic oxidation sites excluding steroid dienone is 3. The van der Waals surface area contributed by atoms with E-state index in [0.717, 1.165) is 16.1 Å². The molecular formula is C29H28N2O6S2. The molecule has 1 N–H and O–H groups in total. The summed E-state index contributed by atoms with van der Waals surface area (Å²) < 4.78 is 54.1. The van der Waals surface area contributed by atoms with E-state index >= 15 is 0 Å². The molecule has 39 heavy (non-hydrogen) atoms. The largest absolute Gasteiger partial charge is 0.392 e. The Hall–Kier alpha value is -3.73. The van der Waals surface area contributed by atoms with Gasteiger partial charge in [0, 0.05) is 11.9 Å². The first-order chi connectivity index (χ1) is 18.6. The number of carbonyl (C=O) groups excluding carboxylic acids is 1. The standard InChI is InChI=1S/C29H28N2O6S2/c1-38(34,35)29(19-23(17-18-24(29)21-32)22-11-5-2-6-12-22)27-20-30(39(36,37)26-15-9-4-10-16-26)28(33)31(27)25-13-7-3-8-14-25/h2-18,27,32H,19-21H2,1H3. The minimum absolute atomic E-state index is 0.0528. The lowest BCUT2D eigenvalue weighted by Crippen LogP contribution is -2.59. The minimum atomic E-state index is -4.31. The second kappa shape index (κ2) is 10.1. The van der Waals surface area contributed by atoms with Crippen molar-refractivity contribution in [3.8, 4) is 0 Å². The van der Waals surface area contributed by atoms with Crippen LogP contribution in [0.3, 0.4) is 0 Å². The number of rotatable bonds is 7. The van der Waals surface area contributed by atoms with Gasteiger partial charge in [0.15, 0.2) is 9.84 Å². The summed E-state index contributed by atoms with van der Waals surface area (Å²) >= 11 is 0. The zero-order chi connectivity index (χ0) is 27.8. The molecule has 0 saturated carbocycles. The number of hydrogen-bond acceptors (Lipinski definition) is 6. The zero-order valence-electron chi connectivity index (χ0n) is 21.2. The van der Waals surface area contributed by atoms with Crippen LogP contribution in [0.25, 0.3) is 5.57 Å². The number of nitrogens with zero attached hydrogens (tertiary/aromatic N) is 2. The molecule has 1 aliphatic carbocycles. The van der Waals surface area contributed by atoms with E-state index < -0.39 is 49.8 Å². The molecule has 2 atom stereocenters. The van der Waals surface area contributed by atoms with Gasteiger partial charge < -0.3 is 5.11 Å². The molecule has 202 valence electrons. The van der Waals surface area contributed by atoms with Gasteiger partial charge in [-0.1, -0.05) is 78.9 Å². The number of aliphatic hydroxyl groups is 1. The van der Waals surface area contributed by atoms with Crippen molar-refractivity contribution < 1.29 is 26.7 Å². The Kier molecular flexibility index (Phi) is 6.96. The molecule has 3 aromatic rings. The maximum Gasteiger partial charge on any atom is 0.338 e. The molecule has 1 saturated heterocycles. The Bertz CT molecular complexity index is 1650. The fourth-order valence-corrected chi connectivity index (χ4v) is 8.60. The Morgan fingerprint density at radius 2 is 1.41 bits per heavy atom. The molecule has 5 rings (SSSR count). The summed E-state index contributed by atoms with van der Waals surface area (Å²) in [6, 6.07) is 23.2. The molecule has 8 nitrogen and oxygen atoms in total. The van der Waals surface area contributed by atoms with E-state index in [0.29, 0.717) is 11.3 Å². The van der Waals surface area contributed by atoms with Gasteiger partial charge in [-0.05, 0) is 47.4 Å². The first kappa shape index (κ1) is 26.9. The highest BCUT2D eigenvalue weighted by Crippen LogP contribution is 2.47. The predicted molar refractivity (Wildman–Crippen MR) is 150 cm³/mol. The lowest BCUT2D eigenvalue weighted by Gasteiger charge is -2.44. The summed E-state index contributed by atoms with van der Waals surface area (Å²) in [5.41, 5.74) is 2.04. The molecule has 1 aliphatic heterocycles. The summed E-state index contributed by atoms with van der Waals surface area (Å²) in [4.78, 5) is 15.1. The van der Waals surface area contributed by atoms with Gasteiger partial charge in [0.2, 0.25) is 0 Å². The molecule has 2 aliphatic rings. The summed E-state index contributed by atoms with van der Waals surface area (Å²) in [5, 5.41) is 10.4. The van der Waals surface area contributed by atoms with Crippen LogP contribution in [0.2, 0.25) is 0 Å². The highest BCUT2D eigenvalue weighted by molar-refractivity contribution is 7.92. The van der Waals surface area contributed by atoms with Crippen LogP contribution in [0.1, 0.15) is 12.0 Å². The first-order valence-electron chi connectivity index (χ1n) is 12.3. The number of benzene rings is 3. The fourth-order valence-electron chi connectivity index (χ4n) is 5.51. The maximum absolute atomic E-state index is 14.0. The Morgan fingerprint density at radius 3 is 1.97 bits per heavy atom. The lowest BCUT2D eigenvalue weighted by molar-refractivity contribution is 0.239. The summed E-state index contributed by atoms with van der Waals surface area (Å²) in [6.45, 7) is -0.998. The molecule has 10 heteroatoms. The van der Waals surface area contributed by atoms with Crippen LogP contribution >= 0.6 is 0 Å². The third-order valence-corrected chi connectivity index (χ3v) is 11.2. The molecule has 0 radical (unpaired) electrons. The highest BCUT2D eigenvalue weighted by atomic mass is 32.2. The van der Waals surface area contributed by atoms with Gasteiger partial charge in [-0.2, -0.15) is 0 Å². The van der Waals surface area contributed by atoms with E-state index in [2.05, 4.69) is 0 Å². The second-order valence-electron chi connectivity index (χ2n) is 9.60. The molecule has 1 heterocycles. The van der Waals surface area contributed by atoms with Gasteiger partial charge in [-0.25, -0.2) is 25.9 Å². The maximum atomic E-state index is 14.0. The lowest BCUT2D eigenvalue weighted by atomic mass is 9.78. The van der Waals surface area contributed by atoms with E-state index in [1.54, 1.807) is 60.7 Å². The average molecular weight is 565 g/mol. The van der Waals surface area contributed by atoms with Crippen LogP contribution < -0.4 is 4.90 Å². The summed E-state index contributed by atoms with van der Waals surface area (Å²) in [6.07, 6.45) is 4.37. The van der Waals surface area contributed by atoms with Crippen molar-refractivity contribution in [3.63, 3.8) is 0 Å². The van der Waals surface area contributed by atoms with Gasteiger partial charge in [-0.15, -0.1) is 0 Å². The number of anilines is 1. The molecule has 2 amide bonds. The number of sulfonamides is 1. The number of amides is 2. The van der Waals surface area contributed by atoms with Crippen LogP contribution in [0.15, 0.2) is 114 Å². The van der Waals surface area contributed by atoms with Crippen LogP contribution in [0, 0.1) is 0 Å². The summed E-state index contributed by atoms with van der Waals surface area (Å²) in [7, 11) is -8.37. The number of urea groups is 1. The van der Waals surface area contributed by atoms with Crippen molar-refractivity contribution in [2.45, 2.75) is 22.1 Å². The van der Waals surface area contributed by atoms with Crippen LogP contribution in [-0.4, -0.2) is 62.5 Å². The van der Waals surface area contributed by atoms with Gasteiger partial charge in [0.05, 0.1) is 24.1 Å². The van der Waals surface area contributed by atoms with E-state index in [-0.39, 0.29) is 16.9 Å². The molecule has 0 bridgehead atoms. The summed E-state index contributed by atoms with van der Waals surface area (Å²) in [5.74, 6) is 0. The molecular weight excluding hydrogens is 536 g/mol. The zero-order valence-corrected chi connectivity index (χ0v) is 22.8. The highest BCUT2D eigenvalue weighted by Gasteiger charge is 2.60. The van der Waals surface area contributed by atoms with E-state index in [9.17, 15) is 26.7 Å². The quantitative estimate of drug-likeness (QED) is 0.466. The average Bonchev–Trinajstić information content (AvgIpc) is 3.31. The van der Waals surface area contributed by atoms with Crippen molar-refractivity contribution >= 4 is 37.2 Å². The third-order valence-electron chi connectivity index (χ3n) is 7.43. The SMILES string of the molecule is CS(=O)(=O)C1(C2CN(S(=O)(=O)c3ccccc3)C(=O)N2c2ccccc2)CC(c2ccccc2)=CC=C1CO. The smallest absolute Gasteiger partial charge is 0.338 e. The van der Waals surface area contributed by atoms with Gasteiger partial charge in [0.25, 0.3) is 10.0 Å². The Morgan fingerprint density at radius 1 is 0.846 bits per heavy atom. The van der Waals surface area contributed by atoms with Crippen LogP contribution in [-0.2, 0) is 19.9 Å². The van der Waals surface area contributed by atoms with E-state index in [4.69, 9.17) is 0 Å². The second-order valence-corrected chi connectivity index (χ2v) is 13.7. The first-order valence-corrected chi connectivity index (χ1v) is 15.7. The number of para-hydroxylation sites is 1. The normalized spacial score (nSPS) is 22.0. The van der Waals surface area contributed by atoms with Crippen molar-refractivity contribution in [2.24, 2.45) is 0 Å². The third kappa shape index (κ3) is 4.48. The Balaban J connectivity index is 1.72. The van der Waals surface area contributed by atoms with Crippen molar-refractivity contribution in [1.82, 2.24) is 4.31 Å². The molecule has 1 fully saturated rings. The van der Waals surface area contributed by atoms with Gasteiger partial charge in [0.1, 0.15) is 4.75 Å². The van der Waals surface area contributed by atoms with E-state index in [1.165, 1.54) is 17.0 Å². The number of sulfone groups is 1. The molecule has 3 aromatic carbocycles. The number of carbonyl (C=O) groups is 1. The molecule has 0 aromatic heterocycles.